The average Bonchev–Trinajstić information content (AvgIpc) is 2.98. The van der Waals surface area contributed by atoms with Crippen LogP contribution >= 0.6 is 27.3 Å². The Bertz CT molecular complexity index is 649. The van der Waals surface area contributed by atoms with E-state index in [2.05, 4.69) is 26.5 Å². The van der Waals surface area contributed by atoms with E-state index >= 15 is 0 Å². The summed E-state index contributed by atoms with van der Waals surface area (Å²) in [5.41, 5.74) is 2.25. The lowest BCUT2D eigenvalue weighted by Crippen LogP contribution is -2.16. The lowest BCUT2D eigenvalue weighted by Gasteiger charge is -1.93. The van der Waals surface area contributed by atoms with Gasteiger partial charge >= 0.3 is 10.9 Å². The molecule has 0 aliphatic rings. The van der Waals surface area contributed by atoms with Crippen LogP contribution in [-0.4, -0.2) is 17.0 Å². The third kappa shape index (κ3) is 3.48. The topological polar surface area (TPSA) is 97.7 Å². The van der Waals surface area contributed by atoms with E-state index < -0.39 is 10.8 Å². The molecule has 0 bridgehead atoms. The van der Waals surface area contributed by atoms with E-state index in [4.69, 9.17) is 4.42 Å². The first-order chi connectivity index (χ1) is 9.06. The van der Waals surface area contributed by atoms with Crippen molar-refractivity contribution in [3.8, 4) is 0 Å². The van der Waals surface area contributed by atoms with E-state index in [1.165, 1.54) is 18.3 Å². The number of carbonyl (C=O) groups is 1. The zero-order valence-corrected chi connectivity index (χ0v) is 11.6. The highest BCUT2D eigenvalue weighted by Crippen LogP contribution is 2.22. The quantitative estimate of drug-likeness (QED) is 0.524. The van der Waals surface area contributed by atoms with E-state index in [0.717, 1.165) is 11.3 Å². The first kappa shape index (κ1) is 13.4. The summed E-state index contributed by atoms with van der Waals surface area (Å²) in [6, 6.07) is 5.99. The minimum absolute atomic E-state index is 0.0164. The molecule has 19 heavy (non-hydrogen) atoms. The van der Waals surface area contributed by atoms with Gasteiger partial charge in [-0.3, -0.25) is 14.9 Å². The standard InChI is InChI=1S/C10H6BrN3O4S/c11-8-3-2-7(18-8)10(15)13-12-5-6-1-4-9(19-6)14(16)17/h1-5H,(H,13,15)/b12-5+. The monoisotopic (exact) mass is 343 g/mol. The van der Waals surface area contributed by atoms with Gasteiger partial charge in [-0.25, -0.2) is 5.43 Å². The third-order valence-electron chi connectivity index (χ3n) is 1.95. The van der Waals surface area contributed by atoms with Crippen LogP contribution in [0.2, 0.25) is 0 Å². The maximum absolute atomic E-state index is 11.5. The van der Waals surface area contributed by atoms with Crippen LogP contribution in [0.4, 0.5) is 5.00 Å². The summed E-state index contributed by atoms with van der Waals surface area (Å²) < 4.78 is 5.47. The van der Waals surface area contributed by atoms with Crippen LogP contribution < -0.4 is 5.43 Å². The van der Waals surface area contributed by atoms with Gasteiger partial charge < -0.3 is 4.42 Å². The molecule has 2 aromatic heterocycles. The fraction of sp³-hybridized carbons (Fsp3) is 0. The Morgan fingerprint density at radius 2 is 2.26 bits per heavy atom. The molecule has 98 valence electrons. The smallest absolute Gasteiger partial charge is 0.324 e. The summed E-state index contributed by atoms with van der Waals surface area (Å²) in [7, 11) is 0. The average molecular weight is 344 g/mol. The van der Waals surface area contributed by atoms with Crippen molar-refractivity contribution in [3.63, 3.8) is 0 Å². The highest BCUT2D eigenvalue weighted by molar-refractivity contribution is 9.10. The van der Waals surface area contributed by atoms with Gasteiger partial charge in [-0.05, 0) is 34.1 Å². The molecule has 2 rings (SSSR count). The first-order valence-corrected chi connectivity index (χ1v) is 6.50. The maximum atomic E-state index is 11.5. The van der Waals surface area contributed by atoms with Gasteiger partial charge in [-0.1, -0.05) is 11.3 Å². The van der Waals surface area contributed by atoms with Gasteiger partial charge in [0.25, 0.3) is 0 Å². The molecule has 2 heterocycles. The number of nitrogens with zero attached hydrogens (tertiary/aromatic N) is 2. The fourth-order valence-corrected chi connectivity index (χ4v) is 2.16. The maximum Gasteiger partial charge on any atom is 0.324 e. The van der Waals surface area contributed by atoms with Gasteiger partial charge in [0.05, 0.1) is 16.0 Å². The molecule has 0 saturated heterocycles. The summed E-state index contributed by atoms with van der Waals surface area (Å²) in [6.45, 7) is 0. The zero-order valence-electron chi connectivity index (χ0n) is 9.20. The molecule has 9 heteroatoms. The van der Waals surface area contributed by atoms with Crippen molar-refractivity contribution in [2.24, 2.45) is 5.10 Å². The molecule has 2 aromatic rings. The van der Waals surface area contributed by atoms with Gasteiger partial charge in [-0.15, -0.1) is 0 Å². The Morgan fingerprint density at radius 3 is 2.84 bits per heavy atom. The Labute approximate surface area is 119 Å². The molecule has 0 aliphatic carbocycles. The van der Waals surface area contributed by atoms with Gasteiger partial charge in [0.15, 0.2) is 10.4 Å². The van der Waals surface area contributed by atoms with Crippen LogP contribution in [-0.2, 0) is 0 Å². The van der Waals surface area contributed by atoms with Crippen molar-refractivity contribution < 1.29 is 14.1 Å². The number of amides is 1. The molecular weight excluding hydrogens is 338 g/mol. The number of halogens is 1. The van der Waals surface area contributed by atoms with Crippen molar-refractivity contribution in [2.75, 3.05) is 0 Å². The molecular formula is C10H6BrN3O4S. The van der Waals surface area contributed by atoms with Crippen molar-refractivity contribution in [3.05, 3.63) is 49.7 Å². The summed E-state index contributed by atoms with van der Waals surface area (Å²) in [5, 5.41) is 14.2. The Morgan fingerprint density at radius 1 is 1.47 bits per heavy atom. The Hall–Kier alpha value is -2.00. The normalized spacial score (nSPS) is 10.8. The Kier molecular flexibility index (Phi) is 4.07. The second-order valence-corrected chi connectivity index (χ2v) is 5.11. The molecule has 1 amide bonds. The van der Waals surface area contributed by atoms with Crippen molar-refractivity contribution in [1.29, 1.82) is 0 Å². The highest BCUT2D eigenvalue weighted by atomic mass is 79.9. The molecule has 0 fully saturated rings. The van der Waals surface area contributed by atoms with Crippen LogP contribution in [0.25, 0.3) is 0 Å². The molecule has 0 aromatic carbocycles. The summed E-state index contributed by atoms with van der Waals surface area (Å²) >= 11 is 4.04. The lowest BCUT2D eigenvalue weighted by atomic mass is 10.4. The number of nitro groups is 1. The Balaban J connectivity index is 1.96. The van der Waals surface area contributed by atoms with Gasteiger partial charge in [0.2, 0.25) is 0 Å². The van der Waals surface area contributed by atoms with E-state index in [0.29, 0.717) is 9.55 Å². The van der Waals surface area contributed by atoms with E-state index in [1.807, 2.05) is 0 Å². The molecule has 1 N–H and O–H groups in total. The van der Waals surface area contributed by atoms with Gasteiger partial charge in [0, 0.05) is 6.07 Å². The SMILES string of the molecule is O=C(N/N=C/c1ccc([N+](=O)[O-])s1)c1ccc(Br)o1. The van der Waals surface area contributed by atoms with Crippen molar-refractivity contribution in [1.82, 2.24) is 5.43 Å². The molecule has 0 saturated carbocycles. The largest absolute Gasteiger partial charge is 0.444 e. The summed E-state index contributed by atoms with van der Waals surface area (Å²) in [5.74, 6) is -0.394. The third-order valence-corrected chi connectivity index (χ3v) is 3.35. The van der Waals surface area contributed by atoms with Crippen LogP contribution in [0.3, 0.4) is 0 Å². The van der Waals surface area contributed by atoms with E-state index in [1.54, 1.807) is 12.1 Å². The van der Waals surface area contributed by atoms with Gasteiger partial charge in [-0.2, -0.15) is 5.10 Å². The number of rotatable bonds is 4. The molecule has 0 unspecified atom stereocenters. The number of furan rings is 1. The van der Waals surface area contributed by atoms with Crippen molar-refractivity contribution >= 4 is 44.4 Å². The predicted octanol–water partition coefficient (Wildman–Crippen LogP) is 2.78. The first-order valence-electron chi connectivity index (χ1n) is 4.89. The van der Waals surface area contributed by atoms with Crippen molar-refractivity contribution in [2.45, 2.75) is 0 Å². The number of hydrogen-bond donors (Lipinski definition) is 1. The predicted molar refractivity (Wildman–Crippen MR) is 72.4 cm³/mol. The number of carbonyl (C=O) groups excluding carboxylic acids is 1. The highest BCUT2D eigenvalue weighted by Gasteiger charge is 2.10. The van der Waals surface area contributed by atoms with Crippen LogP contribution in [0.15, 0.2) is 38.5 Å². The molecule has 0 aliphatic heterocycles. The zero-order chi connectivity index (χ0) is 13.8. The number of hydrogen-bond acceptors (Lipinski definition) is 6. The molecule has 7 nitrogen and oxygen atoms in total. The molecule has 0 radical (unpaired) electrons. The summed E-state index contributed by atoms with van der Waals surface area (Å²) in [6.07, 6.45) is 1.33. The van der Waals surface area contributed by atoms with E-state index in [9.17, 15) is 14.9 Å². The van der Waals surface area contributed by atoms with E-state index in [-0.39, 0.29) is 10.8 Å². The number of hydrazone groups is 1. The minimum Gasteiger partial charge on any atom is -0.444 e. The second kappa shape index (κ2) is 5.76. The number of thiophene rings is 1. The second-order valence-electron chi connectivity index (χ2n) is 3.24. The minimum atomic E-state index is -0.506. The number of nitrogens with one attached hydrogen (secondary N) is 1. The molecule has 0 spiro atoms. The van der Waals surface area contributed by atoms with Crippen LogP contribution in [0.1, 0.15) is 15.4 Å². The molecule has 0 atom stereocenters. The summed E-state index contributed by atoms with van der Waals surface area (Å²) in [4.78, 5) is 22.1. The fourth-order valence-electron chi connectivity index (χ4n) is 1.16. The lowest BCUT2D eigenvalue weighted by molar-refractivity contribution is -0.380. The van der Waals surface area contributed by atoms with Crippen LogP contribution in [0, 0.1) is 10.1 Å². The van der Waals surface area contributed by atoms with Crippen LogP contribution in [0.5, 0.6) is 0 Å². The van der Waals surface area contributed by atoms with Gasteiger partial charge in [0.1, 0.15) is 0 Å².